The number of rotatable bonds is 7. The first-order valence-electron chi connectivity index (χ1n) is 10.8. The van der Waals surface area contributed by atoms with Gasteiger partial charge < -0.3 is 5.32 Å². The van der Waals surface area contributed by atoms with Gasteiger partial charge in [0.05, 0.1) is 22.2 Å². The predicted octanol–water partition coefficient (Wildman–Crippen LogP) is 8.04. The highest BCUT2D eigenvalue weighted by Gasteiger charge is 2.67. The Labute approximate surface area is 236 Å². The fourth-order valence-corrected chi connectivity index (χ4v) is 5.46. The van der Waals surface area contributed by atoms with Gasteiger partial charge in [0.2, 0.25) is 5.91 Å². The molecule has 194 valence electrons. The molecule has 12 heteroatoms. The van der Waals surface area contributed by atoms with Crippen molar-refractivity contribution in [1.29, 1.82) is 0 Å². The highest BCUT2D eigenvalue weighted by Crippen LogP contribution is 2.65. The zero-order valence-corrected chi connectivity index (χ0v) is 22.7. The molecule has 0 saturated heterocycles. The molecule has 0 radical (unpaired) electrons. The van der Waals surface area contributed by atoms with Gasteiger partial charge in [-0.15, -0.1) is 23.2 Å². The van der Waals surface area contributed by atoms with Crippen LogP contribution in [0.1, 0.15) is 34.3 Å². The predicted molar refractivity (Wildman–Crippen MR) is 144 cm³/mol. The van der Waals surface area contributed by atoms with Crippen molar-refractivity contribution < 1.29 is 18.4 Å². The van der Waals surface area contributed by atoms with E-state index in [2.05, 4.69) is 16.2 Å². The van der Waals surface area contributed by atoms with Crippen LogP contribution in [-0.4, -0.2) is 16.1 Å². The highest BCUT2D eigenvalue weighted by molar-refractivity contribution is 6.53. The molecule has 2 amide bonds. The number of benzene rings is 3. The maximum absolute atomic E-state index is 13.6. The standard InChI is InChI=1S/C25H18Cl5F2N3O2/c1-24(31,32)13-3-2-4-17(9-13)34-35-22(36)18-11-16(5-6-19(18)28)33-23(37)21-20(25(21,29)30)12-7-14(26)10-15(27)8-12/h2-11,20-21,34H,1H3,(H,33,37)(H,35,36). The molecule has 3 N–H and O–H groups in total. The van der Waals surface area contributed by atoms with Gasteiger partial charge in [-0.25, -0.2) is 8.78 Å². The van der Waals surface area contributed by atoms with Crippen LogP contribution in [0.15, 0.2) is 60.7 Å². The van der Waals surface area contributed by atoms with Gasteiger partial charge in [-0.05, 0) is 54.1 Å². The van der Waals surface area contributed by atoms with Crippen LogP contribution < -0.4 is 16.2 Å². The zero-order valence-electron chi connectivity index (χ0n) is 18.9. The Balaban J connectivity index is 1.45. The topological polar surface area (TPSA) is 70.2 Å². The number of carbonyl (C=O) groups is 2. The van der Waals surface area contributed by atoms with E-state index in [-0.39, 0.29) is 27.5 Å². The molecule has 2 unspecified atom stereocenters. The summed E-state index contributed by atoms with van der Waals surface area (Å²) in [5, 5.41) is 3.57. The largest absolute Gasteiger partial charge is 0.326 e. The van der Waals surface area contributed by atoms with E-state index in [0.29, 0.717) is 15.6 Å². The fourth-order valence-electron chi connectivity index (χ4n) is 3.89. The molecule has 1 aliphatic rings. The van der Waals surface area contributed by atoms with Crippen LogP contribution in [0, 0.1) is 5.92 Å². The van der Waals surface area contributed by atoms with Gasteiger partial charge in [-0.2, -0.15) is 0 Å². The van der Waals surface area contributed by atoms with Crippen LogP contribution in [0.4, 0.5) is 20.2 Å². The second-order valence-corrected chi connectivity index (χ2v) is 11.3. The summed E-state index contributed by atoms with van der Waals surface area (Å²) in [5.41, 5.74) is 5.93. The molecule has 1 fully saturated rings. The first-order chi connectivity index (χ1) is 17.3. The second-order valence-electron chi connectivity index (χ2n) is 8.56. The van der Waals surface area contributed by atoms with Gasteiger partial charge >= 0.3 is 0 Å². The molecule has 2 atom stereocenters. The van der Waals surface area contributed by atoms with Crippen molar-refractivity contribution in [3.8, 4) is 0 Å². The monoisotopic (exact) mass is 605 g/mol. The van der Waals surface area contributed by atoms with E-state index in [9.17, 15) is 18.4 Å². The van der Waals surface area contributed by atoms with Crippen LogP contribution >= 0.6 is 58.0 Å². The van der Waals surface area contributed by atoms with Crippen molar-refractivity contribution in [2.45, 2.75) is 23.1 Å². The van der Waals surface area contributed by atoms with Crippen molar-refractivity contribution in [3.05, 3.63) is 92.4 Å². The van der Waals surface area contributed by atoms with E-state index < -0.39 is 33.9 Å². The molecule has 5 nitrogen and oxygen atoms in total. The van der Waals surface area contributed by atoms with Crippen LogP contribution in [0.2, 0.25) is 15.1 Å². The van der Waals surface area contributed by atoms with E-state index in [1.54, 1.807) is 18.2 Å². The molecule has 0 bridgehead atoms. The quantitative estimate of drug-likeness (QED) is 0.188. The molecule has 0 aliphatic heterocycles. The Hall–Kier alpha value is -2.29. The van der Waals surface area contributed by atoms with Crippen molar-refractivity contribution >= 4 is 81.2 Å². The zero-order chi connectivity index (χ0) is 27.1. The Bertz CT molecular complexity index is 1360. The van der Waals surface area contributed by atoms with Crippen LogP contribution in [0.3, 0.4) is 0 Å². The summed E-state index contributed by atoms with van der Waals surface area (Å²) < 4.78 is 25.8. The first kappa shape index (κ1) is 27.7. The molecule has 1 saturated carbocycles. The van der Waals surface area contributed by atoms with Gasteiger partial charge in [-0.3, -0.25) is 20.4 Å². The van der Waals surface area contributed by atoms with E-state index in [1.807, 2.05) is 0 Å². The Kier molecular flexibility index (Phi) is 7.84. The summed E-state index contributed by atoms with van der Waals surface area (Å²) >= 11 is 31.1. The van der Waals surface area contributed by atoms with E-state index in [0.717, 1.165) is 6.92 Å². The summed E-state index contributed by atoms with van der Waals surface area (Å²) in [7, 11) is 0. The number of amides is 2. The third kappa shape index (κ3) is 6.24. The summed E-state index contributed by atoms with van der Waals surface area (Å²) in [5.74, 6) is -5.52. The SMILES string of the molecule is CC(F)(F)c1cccc(NNC(=O)c2cc(NC(=O)C3C(c4cc(Cl)cc(Cl)c4)C3(Cl)Cl)ccc2Cl)c1. The number of hydrogen-bond acceptors (Lipinski definition) is 3. The molecule has 3 aromatic rings. The van der Waals surface area contributed by atoms with E-state index in [4.69, 9.17) is 58.0 Å². The lowest BCUT2D eigenvalue weighted by atomic mass is 10.1. The number of alkyl halides is 4. The maximum atomic E-state index is 13.6. The van der Waals surface area contributed by atoms with Crippen LogP contribution in [0.5, 0.6) is 0 Å². The van der Waals surface area contributed by atoms with E-state index in [1.165, 1.54) is 42.5 Å². The van der Waals surface area contributed by atoms with Gasteiger partial charge in [0.25, 0.3) is 11.8 Å². The molecular formula is C25H18Cl5F2N3O2. The lowest BCUT2D eigenvalue weighted by molar-refractivity contribution is -0.117. The van der Waals surface area contributed by atoms with Crippen molar-refractivity contribution in [3.63, 3.8) is 0 Å². The fraction of sp³-hybridized carbons (Fsp3) is 0.200. The molecule has 3 aromatic carbocycles. The molecular weight excluding hydrogens is 590 g/mol. The van der Waals surface area contributed by atoms with Crippen molar-refractivity contribution in [2.24, 2.45) is 5.92 Å². The maximum Gasteiger partial charge on any atom is 0.271 e. The number of hydrazine groups is 1. The van der Waals surface area contributed by atoms with Crippen LogP contribution in [0.25, 0.3) is 0 Å². The number of carbonyl (C=O) groups excluding carboxylic acids is 2. The van der Waals surface area contributed by atoms with Crippen LogP contribution in [-0.2, 0) is 10.7 Å². The minimum atomic E-state index is -3.04. The normalized spacial score (nSPS) is 18.2. The molecule has 0 heterocycles. The molecule has 4 rings (SSSR count). The Morgan fingerprint density at radius 3 is 2.24 bits per heavy atom. The number of hydrogen-bond donors (Lipinski definition) is 3. The van der Waals surface area contributed by atoms with Crippen molar-refractivity contribution in [1.82, 2.24) is 5.43 Å². The third-order valence-electron chi connectivity index (χ3n) is 5.75. The summed E-state index contributed by atoms with van der Waals surface area (Å²) in [6.07, 6.45) is 0. The first-order valence-corrected chi connectivity index (χ1v) is 12.7. The molecule has 0 spiro atoms. The average Bonchev–Trinajstić information content (AvgIpc) is 3.40. The average molecular weight is 608 g/mol. The molecule has 1 aliphatic carbocycles. The van der Waals surface area contributed by atoms with Gasteiger partial charge in [0, 0.05) is 34.1 Å². The van der Waals surface area contributed by atoms with Gasteiger partial charge in [-0.1, -0.05) is 46.9 Å². The summed E-state index contributed by atoms with van der Waals surface area (Å²) in [6.45, 7) is 0.775. The lowest BCUT2D eigenvalue weighted by Gasteiger charge is -2.14. The minimum Gasteiger partial charge on any atom is -0.326 e. The molecule has 37 heavy (non-hydrogen) atoms. The number of nitrogens with one attached hydrogen (secondary N) is 3. The number of halogens is 7. The van der Waals surface area contributed by atoms with Gasteiger partial charge in [0.15, 0.2) is 0 Å². The molecule has 0 aromatic heterocycles. The summed E-state index contributed by atoms with van der Waals surface area (Å²) in [6, 6.07) is 14.6. The third-order valence-corrected chi connectivity index (χ3v) is 7.45. The minimum absolute atomic E-state index is 0.0286. The summed E-state index contributed by atoms with van der Waals surface area (Å²) in [4.78, 5) is 25.7. The highest BCUT2D eigenvalue weighted by atomic mass is 35.5. The lowest BCUT2D eigenvalue weighted by Crippen LogP contribution is -2.30. The van der Waals surface area contributed by atoms with Crippen molar-refractivity contribution in [2.75, 3.05) is 10.7 Å². The number of anilines is 2. The van der Waals surface area contributed by atoms with E-state index >= 15 is 0 Å². The smallest absolute Gasteiger partial charge is 0.271 e. The van der Waals surface area contributed by atoms with Gasteiger partial charge in [0.1, 0.15) is 4.33 Å². The Morgan fingerprint density at radius 1 is 0.919 bits per heavy atom. The Morgan fingerprint density at radius 2 is 1.59 bits per heavy atom. The second kappa shape index (κ2) is 10.5.